The van der Waals surface area contributed by atoms with Crippen LogP contribution < -0.4 is 11.5 Å². The predicted octanol–water partition coefficient (Wildman–Crippen LogP) is 1.30. The molecule has 4 N–H and O–H groups in total. The molecular weight excluding hydrogens is 416 g/mol. The molecule has 2 fully saturated rings. The molecule has 0 aliphatic carbocycles. The van der Waals surface area contributed by atoms with Crippen LogP contribution in [0, 0.1) is 16.7 Å². The summed E-state index contributed by atoms with van der Waals surface area (Å²) in [5.74, 6) is 0.399. The second kappa shape index (κ2) is 13.0. The van der Waals surface area contributed by atoms with Crippen molar-refractivity contribution < 1.29 is 9.59 Å². The minimum Gasteiger partial charge on any atom is -0.339 e. The number of nitrogens with zero attached hydrogens (tertiary/aromatic N) is 4. The fourth-order valence-electron chi connectivity index (χ4n) is 4.25. The first-order chi connectivity index (χ1) is 15.1. The third-order valence-electron chi connectivity index (χ3n) is 5.98. The van der Waals surface area contributed by atoms with Gasteiger partial charge in [-0.05, 0) is 16.7 Å². The summed E-state index contributed by atoms with van der Waals surface area (Å²) >= 11 is 0. The highest BCUT2D eigenvalue weighted by Gasteiger charge is 2.28. The summed E-state index contributed by atoms with van der Waals surface area (Å²) in [6.07, 6.45) is 0. The lowest BCUT2D eigenvalue weighted by Crippen LogP contribution is -2.55. The zero-order valence-corrected chi connectivity index (χ0v) is 22.7. The van der Waals surface area contributed by atoms with Gasteiger partial charge in [0.15, 0.2) is 0 Å². The highest BCUT2D eigenvalue weighted by atomic mass is 16.2. The molecule has 8 nitrogen and oxygen atoms in total. The normalized spacial score (nSPS) is 19.8. The molecule has 2 rings (SSSR count). The van der Waals surface area contributed by atoms with E-state index in [1.54, 1.807) is 0 Å². The van der Waals surface area contributed by atoms with Gasteiger partial charge in [-0.1, -0.05) is 55.4 Å². The Labute approximate surface area is 203 Å². The predicted molar refractivity (Wildman–Crippen MR) is 137 cm³/mol. The van der Waals surface area contributed by atoms with Crippen molar-refractivity contribution in [2.24, 2.45) is 28.2 Å². The number of hydrogen-bond donors (Lipinski definition) is 2. The van der Waals surface area contributed by atoms with E-state index in [9.17, 15) is 9.59 Å². The lowest BCUT2D eigenvalue weighted by molar-refractivity contribution is -0.135. The van der Waals surface area contributed by atoms with Gasteiger partial charge in [-0.15, -0.1) is 0 Å². The minimum absolute atomic E-state index is 0.0745. The Morgan fingerprint density at radius 1 is 0.727 bits per heavy atom. The Bertz CT molecular complexity index is 595. The number of carbonyl (C=O) groups is 2. The Hall–Kier alpha value is -1.22. The number of carbonyl (C=O) groups excluding carboxylic acids is 2. The van der Waals surface area contributed by atoms with E-state index in [0.717, 1.165) is 65.4 Å². The van der Waals surface area contributed by atoms with Gasteiger partial charge in [0.1, 0.15) is 0 Å². The summed E-state index contributed by atoms with van der Waals surface area (Å²) < 4.78 is 0. The molecule has 0 saturated carbocycles. The lowest BCUT2D eigenvalue weighted by atomic mass is 9.95. The molecule has 0 aromatic rings. The van der Waals surface area contributed by atoms with Gasteiger partial charge in [0.05, 0.1) is 12.6 Å². The SMILES string of the molecule is CC(C)(C)CN1CCN(C(=O)CN)CC1.CC(C)[C@H](N)C(=O)N1CCN(CC(C)(C)C)CC1. The Morgan fingerprint density at radius 3 is 1.39 bits per heavy atom. The summed E-state index contributed by atoms with van der Waals surface area (Å²) in [4.78, 5) is 32.1. The van der Waals surface area contributed by atoms with Crippen molar-refractivity contribution in [2.75, 3.05) is 72.0 Å². The Balaban J connectivity index is 0.000000335. The van der Waals surface area contributed by atoms with Gasteiger partial charge in [0, 0.05) is 65.4 Å². The molecule has 2 heterocycles. The first-order valence-corrected chi connectivity index (χ1v) is 12.6. The van der Waals surface area contributed by atoms with E-state index in [1.807, 2.05) is 23.6 Å². The number of rotatable bonds is 5. The summed E-state index contributed by atoms with van der Waals surface area (Å²) in [7, 11) is 0. The van der Waals surface area contributed by atoms with Gasteiger partial charge in [-0.2, -0.15) is 0 Å². The molecule has 0 aromatic heterocycles. The monoisotopic (exact) mass is 468 g/mol. The fraction of sp³-hybridized carbons (Fsp3) is 0.920. The van der Waals surface area contributed by atoms with E-state index >= 15 is 0 Å². The number of piperazine rings is 2. The maximum Gasteiger partial charge on any atom is 0.239 e. The molecule has 2 aliphatic heterocycles. The van der Waals surface area contributed by atoms with Crippen LogP contribution in [0.25, 0.3) is 0 Å². The standard InChI is InChI=1S/C14H29N3O.C11H23N3O/c1-11(2)12(15)13(18)17-8-6-16(7-9-17)10-14(3,4)5;1-11(2,3)9-13-4-6-14(7-5-13)10(15)8-12/h11-12H,6-10,15H2,1-5H3;4-9,12H2,1-3H3/t12-;/m0./s1. The molecule has 194 valence electrons. The summed E-state index contributed by atoms with van der Waals surface area (Å²) in [6, 6.07) is -0.348. The van der Waals surface area contributed by atoms with E-state index in [2.05, 4.69) is 51.3 Å². The van der Waals surface area contributed by atoms with Gasteiger partial charge >= 0.3 is 0 Å². The first kappa shape index (κ1) is 29.8. The van der Waals surface area contributed by atoms with Crippen LogP contribution in [-0.2, 0) is 9.59 Å². The highest BCUT2D eigenvalue weighted by molar-refractivity contribution is 5.82. The van der Waals surface area contributed by atoms with Crippen molar-refractivity contribution in [3.63, 3.8) is 0 Å². The molecule has 2 amide bonds. The van der Waals surface area contributed by atoms with Crippen molar-refractivity contribution in [3.05, 3.63) is 0 Å². The molecule has 33 heavy (non-hydrogen) atoms. The van der Waals surface area contributed by atoms with Crippen LogP contribution in [0.15, 0.2) is 0 Å². The Morgan fingerprint density at radius 2 is 1.09 bits per heavy atom. The van der Waals surface area contributed by atoms with E-state index in [-0.39, 0.29) is 30.3 Å². The van der Waals surface area contributed by atoms with Gasteiger partial charge in [0.2, 0.25) is 11.8 Å². The topological polar surface area (TPSA) is 99.1 Å². The maximum atomic E-state index is 12.1. The summed E-state index contributed by atoms with van der Waals surface area (Å²) in [5, 5.41) is 0. The molecule has 2 saturated heterocycles. The maximum absolute atomic E-state index is 12.1. The third kappa shape index (κ3) is 11.7. The van der Waals surface area contributed by atoms with Gasteiger partial charge in [0.25, 0.3) is 0 Å². The Kier molecular flexibility index (Phi) is 11.8. The van der Waals surface area contributed by atoms with Crippen LogP contribution in [0.5, 0.6) is 0 Å². The molecular formula is C25H52N6O2. The van der Waals surface area contributed by atoms with Crippen LogP contribution >= 0.6 is 0 Å². The second-order valence-corrected chi connectivity index (χ2v) is 12.4. The smallest absolute Gasteiger partial charge is 0.239 e. The minimum atomic E-state index is -0.348. The van der Waals surface area contributed by atoms with Crippen molar-refractivity contribution >= 4 is 11.8 Å². The molecule has 0 bridgehead atoms. The summed E-state index contributed by atoms with van der Waals surface area (Å²) in [6.45, 7) is 27.0. The van der Waals surface area contributed by atoms with E-state index in [4.69, 9.17) is 11.5 Å². The average Bonchev–Trinajstić information content (AvgIpc) is 2.71. The van der Waals surface area contributed by atoms with Gasteiger partial charge in [-0.25, -0.2) is 0 Å². The molecule has 0 spiro atoms. The first-order valence-electron chi connectivity index (χ1n) is 12.6. The second-order valence-electron chi connectivity index (χ2n) is 12.4. The molecule has 0 aromatic carbocycles. The quantitative estimate of drug-likeness (QED) is 0.631. The van der Waals surface area contributed by atoms with E-state index < -0.39 is 0 Å². The fourth-order valence-corrected chi connectivity index (χ4v) is 4.25. The van der Waals surface area contributed by atoms with Crippen molar-refractivity contribution in [1.82, 2.24) is 19.6 Å². The van der Waals surface area contributed by atoms with Crippen LogP contribution in [0.4, 0.5) is 0 Å². The third-order valence-corrected chi connectivity index (χ3v) is 5.98. The van der Waals surface area contributed by atoms with Crippen LogP contribution in [0.1, 0.15) is 55.4 Å². The zero-order chi connectivity index (χ0) is 25.4. The van der Waals surface area contributed by atoms with Gasteiger partial charge < -0.3 is 21.3 Å². The average molecular weight is 469 g/mol. The molecule has 2 aliphatic rings. The van der Waals surface area contributed by atoms with E-state index in [1.165, 1.54) is 0 Å². The number of amides is 2. The van der Waals surface area contributed by atoms with Crippen molar-refractivity contribution in [1.29, 1.82) is 0 Å². The van der Waals surface area contributed by atoms with Gasteiger partial charge in [-0.3, -0.25) is 19.4 Å². The highest BCUT2D eigenvalue weighted by Crippen LogP contribution is 2.17. The van der Waals surface area contributed by atoms with Crippen molar-refractivity contribution in [3.8, 4) is 0 Å². The molecule has 0 radical (unpaired) electrons. The number of hydrogen-bond acceptors (Lipinski definition) is 6. The molecule has 0 unspecified atom stereocenters. The lowest BCUT2D eigenvalue weighted by Gasteiger charge is -2.38. The van der Waals surface area contributed by atoms with Crippen molar-refractivity contribution in [2.45, 2.75) is 61.4 Å². The van der Waals surface area contributed by atoms with Crippen LogP contribution in [-0.4, -0.2) is 109 Å². The van der Waals surface area contributed by atoms with E-state index in [0.29, 0.717) is 10.8 Å². The largest absolute Gasteiger partial charge is 0.339 e. The number of nitrogens with two attached hydrogens (primary N) is 2. The summed E-state index contributed by atoms with van der Waals surface area (Å²) in [5.41, 5.74) is 11.9. The van der Waals surface area contributed by atoms with Crippen LogP contribution in [0.2, 0.25) is 0 Å². The van der Waals surface area contributed by atoms with Crippen LogP contribution in [0.3, 0.4) is 0 Å². The molecule has 1 atom stereocenters. The zero-order valence-electron chi connectivity index (χ0n) is 22.7. The molecule has 8 heteroatoms.